The molecule has 0 radical (unpaired) electrons. The van der Waals surface area contributed by atoms with Gasteiger partial charge in [0.05, 0.1) is 12.7 Å². The topological polar surface area (TPSA) is 47.9 Å². The van der Waals surface area contributed by atoms with Crippen LogP contribution in [-0.4, -0.2) is 45.6 Å². The molecule has 5 heteroatoms. The van der Waals surface area contributed by atoms with Crippen molar-refractivity contribution >= 4 is 18.7 Å². The number of rotatable bonds is 6. The van der Waals surface area contributed by atoms with Crippen LogP contribution >= 0.6 is 0 Å². The molecule has 1 aliphatic heterocycles. The van der Waals surface area contributed by atoms with Crippen molar-refractivity contribution in [1.29, 1.82) is 0 Å². The number of ether oxygens (including phenoxy) is 2. The van der Waals surface area contributed by atoms with Gasteiger partial charge in [-0.1, -0.05) is 93.1 Å². The van der Waals surface area contributed by atoms with E-state index in [9.17, 15) is 5.11 Å². The van der Waals surface area contributed by atoms with Gasteiger partial charge in [0.2, 0.25) is 0 Å². The van der Waals surface area contributed by atoms with Crippen LogP contribution < -0.4 is 10.4 Å². The van der Waals surface area contributed by atoms with E-state index < -0.39 is 8.32 Å². The third-order valence-corrected chi connectivity index (χ3v) is 14.4. The molecule has 2 aromatic rings. The average Bonchev–Trinajstić information content (AvgIpc) is 2.89. The van der Waals surface area contributed by atoms with Crippen LogP contribution in [0.3, 0.4) is 0 Å². The smallest absolute Gasteiger partial charge is 0.261 e. The lowest BCUT2D eigenvalue weighted by atomic mass is 9.51. The molecule has 1 saturated heterocycles. The van der Waals surface area contributed by atoms with E-state index in [2.05, 4.69) is 94.4 Å². The lowest BCUT2D eigenvalue weighted by Crippen LogP contribution is -2.70. The number of hydrogen-bond donors (Lipinski definition) is 1. The maximum atomic E-state index is 11.1. The average molecular weight is 507 g/mol. The molecule has 2 aromatic carbocycles. The van der Waals surface area contributed by atoms with Crippen LogP contribution in [0.4, 0.5) is 0 Å². The first-order chi connectivity index (χ1) is 17.3. The zero-order valence-corrected chi connectivity index (χ0v) is 23.4. The maximum absolute atomic E-state index is 11.1. The van der Waals surface area contributed by atoms with Crippen molar-refractivity contribution in [2.24, 2.45) is 17.3 Å². The molecule has 4 nitrogen and oxygen atoms in total. The molecule has 194 valence electrons. The highest BCUT2D eigenvalue weighted by molar-refractivity contribution is 6.99. The Morgan fingerprint density at radius 3 is 2.14 bits per heavy atom. The second kappa shape index (κ2) is 9.84. The van der Waals surface area contributed by atoms with Gasteiger partial charge in [-0.15, -0.1) is 0 Å². The van der Waals surface area contributed by atoms with Gasteiger partial charge in [0.1, 0.15) is 0 Å². The van der Waals surface area contributed by atoms with E-state index in [1.54, 1.807) is 7.11 Å². The molecule has 0 unspecified atom stereocenters. The van der Waals surface area contributed by atoms with E-state index in [1.807, 2.05) is 0 Å². The molecule has 0 aromatic heterocycles. The van der Waals surface area contributed by atoms with Crippen LogP contribution in [0.25, 0.3) is 0 Å². The standard InChI is InChI=1S/C31H42O4Si/c1-22-16-17-25-27(18-19-28-31(25,21-32)26(22)20-29(33-5)34-28)35-36(30(2,3)4,23-12-8-6-9-13-23)24-14-10-7-11-15-24/h6-16,25-29,32H,17-21H2,1-5H3/t25-,26-,27-,28+,29-,31+/m0/s1. The van der Waals surface area contributed by atoms with E-state index in [0.717, 1.165) is 25.7 Å². The predicted octanol–water partition coefficient (Wildman–Crippen LogP) is 5.05. The van der Waals surface area contributed by atoms with Crippen molar-refractivity contribution in [2.75, 3.05) is 13.7 Å². The van der Waals surface area contributed by atoms with E-state index in [-0.39, 0.29) is 47.4 Å². The Balaban J connectivity index is 1.62. The highest BCUT2D eigenvalue weighted by Crippen LogP contribution is 2.59. The summed E-state index contributed by atoms with van der Waals surface area (Å²) in [5.74, 6) is 0.449. The van der Waals surface area contributed by atoms with E-state index in [4.69, 9.17) is 13.9 Å². The monoisotopic (exact) mass is 506 g/mol. The van der Waals surface area contributed by atoms with Gasteiger partial charge in [-0.05, 0) is 53.4 Å². The van der Waals surface area contributed by atoms with Crippen LogP contribution in [0, 0.1) is 17.3 Å². The van der Waals surface area contributed by atoms with Crippen LogP contribution in [0.5, 0.6) is 0 Å². The third-order valence-electron chi connectivity index (χ3n) is 9.37. The van der Waals surface area contributed by atoms with Gasteiger partial charge in [-0.2, -0.15) is 0 Å². The van der Waals surface area contributed by atoms with E-state index >= 15 is 0 Å². The molecule has 5 rings (SSSR count). The lowest BCUT2D eigenvalue weighted by Gasteiger charge is -2.61. The fourth-order valence-electron chi connectivity index (χ4n) is 7.68. The molecule has 36 heavy (non-hydrogen) atoms. The van der Waals surface area contributed by atoms with Gasteiger partial charge in [0.25, 0.3) is 8.32 Å². The van der Waals surface area contributed by atoms with Gasteiger partial charge in [-0.3, -0.25) is 0 Å². The Kier molecular flexibility index (Phi) is 7.07. The minimum Gasteiger partial charge on any atom is -0.404 e. The second-order valence-corrected chi connectivity index (χ2v) is 16.3. The number of aliphatic hydroxyl groups excluding tert-OH is 1. The van der Waals surface area contributed by atoms with Crippen LogP contribution in [0.2, 0.25) is 5.04 Å². The summed E-state index contributed by atoms with van der Waals surface area (Å²) in [5.41, 5.74) is 1.03. The fraction of sp³-hybridized carbons (Fsp3) is 0.548. The molecule has 3 aliphatic rings. The number of allylic oxidation sites excluding steroid dienone is 2. The predicted molar refractivity (Wildman–Crippen MR) is 147 cm³/mol. The molecule has 6 atom stereocenters. The van der Waals surface area contributed by atoms with Crippen molar-refractivity contribution in [3.63, 3.8) is 0 Å². The minimum atomic E-state index is -2.70. The Morgan fingerprint density at radius 2 is 1.61 bits per heavy atom. The first-order valence-corrected chi connectivity index (χ1v) is 15.4. The molecule has 1 saturated carbocycles. The number of aliphatic hydroxyl groups is 1. The van der Waals surface area contributed by atoms with Gasteiger partial charge >= 0.3 is 0 Å². The summed E-state index contributed by atoms with van der Waals surface area (Å²) in [4.78, 5) is 0. The zero-order chi connectivity index (χ0) is 25.6. The molecule has 2 fully saturated rings. The lowest BCUT2D eigenvalue weighted by molar-refractivity contribution is -0.281. The number of benzene rings is 2. The summed E-state index contributed by atoms with van der Waals surface area (Å²) in [6, 6.07) is 21.8. The fourth-order valence-corrected chi connectivity index (χ4v) is 12.4. The highest BCUT2D eigenvalue weighted by atomic mass is 28.4. The van der Waals surface area contributed by atoms with Crippen molar-refractivity contribution in [1.82, 2.24) is 0 Å². The molecule has 0 amide bonds. The largest absolute Gasteiger partial charge is 0.404 e. The van der Waals surface area contributed by atoms with Crippen LogP contribution in [-0.2, 0) is 13.9 Å². The van der Waals surface area contributed by atoms with Crippen LogP contribution in [0.15, 0.2) is 72.3 Å². The van der Waals surface area contributed by atoms with Crippen molar-refractivity contribution in [2.45, 2.75) is 76.9 Å². The van der Waals surface area contributed by atoms with Crippen molar-refractivity contribution < 1.29 is 19.0 Å². The summed E-state index contributed by atoms with van der Waals surface area (Å²) in [5, 5.41) is 13.6. The minimum absolute atomic E-state index is 0.0150. The molecule has 0 spiro atoms. The zero-order valence-electron chi connectivity index (χ0n) is 22.4. The molecular weight excluding hydrogens is 464 g/mol. The summed E-state index contributed by atoms with van der Waals surface area (Å²) < 4.78 is 19.8. The molecular formula is C31H42O4Si. The normalized spacial score (nSPS) is 32.5. The van der Waals surface area contributed by atoms with Crippen molar-refractivity contribution in [3.05, 3.63) is 72.3 Å². The Morgan fingerprint density at radius 1 is 1.00 bits per heavy atom. The summed E-state index contributed by atoms with van der Waals surface area (Å²) >= 11 is 0. The van der Waals surface area contributed by atoms with Gasteiger partial charge in [0.15, 0.2) is 6.29 Å². The summed E-state index contributed by atoms with van der Waals surface area (Å²) in [6.07, 6.45) is 5.73. The van der Waals surface area contributed by atoms with Crippen LogP contribution in [0.1, 0.15) is 53.4 Å². The SMILES string of the molecule is CO[C@@H]1C[C@H]2C(C)=CC[C@H]3[C@@H](O[Si](c4ccccc4)(c4ccccc4)C(C)(C)C)CC[C@@H](O1)[C@@]23CO. The van der Waals surface area contributed by atoms with Gasteiger partial charge in [0, 0.05) is 25.0 Å². The molecule has 0 bridgehead atoms. The second-order valence-electron chi connectivity index (χ2n) is 12.0. The quantitative estimate of drug-likeness (QED) is 0.440. The van der Waals surface area contributed by atoms with E-state index in [1.165, 1.54) is 15.9 Å². The molecule has 1 N–H and O–H groups in total. The van der Waals surface area contributed by atoms with Gasteiger partial charge < -0.3 is 19.0 Å². The van der Waals surface area contributed by atoms with Crippen molar-refractivity contribution in [3.8, 4) is 0 Å². The Hall–Kier alpha value is -1.76. The third kappa shape index (κ3) is 3.95. The highest BCUT2D eigenvalue weighted by Gasteiger charge is 2.62. The summed E-state index contributed by atoms with van der Waals surface area (Å²) in [7, 11) is -0.970. The maximum Gasteiger partial charge on any atom is 0.261 e. The number of hydrogen-bond acceptors (Lipinski definition) is 4. The van der Waals surface area contributed by atoms with E-state index in [0.29, 0.717) is 0 Å². The number of methoxy groups -OCH3 is 1. The summed E-state index contributed by atoms with van der Waals surface area (Å²) in [6.45, 7) is 9.36. The van der Waals surface area contributed by atoms with Gasteiger partial charge in [-0.25, -0.2) is 0 Å². The Labute approximate surface area is 217 Å². The first kappa shape index (κ1) is 25.9. The molecule has 1 heterocycles. The first-order valence-electron chi connectivity index (χ1n) is 13.5. The Bertz CT molecular complexity index is 1020. The molecule has 2 aliphatic carbocycles.